The summed E-state index contributed by atoms with van der Waals surface area (Å²) in [4.78, 5) is 28.9. The van der Waals surface area contributed by atoms with E-state index >= 15 is 0 Å². The van der Waals surface area contributed by atoms with Crippen molar-refractivity contribution in [2.24, 2.45) is 0 Å². The van der Waals surface area contributed by atoms with Crippen molar-refractivity contribution in [1.82, 2.24) is 10.3 Å². The summed E-state index contributed by atoms with van der Waals surface area (Å²) in [6.45, 7) is 1.96. The number of amides is 1. The van der Waals surface area contributed by atoms with Gasteiger partial charge in [-0.25, -0.2) is 4.98 Å². The Bertz CT molecular complexity index is 895. The minimum Gasteiger partial charge on any atom is -0.349 e. The number of hydrogen-bond donors (Lipinski definition) is 1. The molecular formula is C21H20N2O2S2. The molecule has 3 rings (SSSR count). The van der Waals surface area contributed by atoms with Gasteiger partial charge in [-0.3, -0.25) is 9.59 Å². The van der Waals surface area contributed by atoms with Crippen LogP contribution in [0.4, 0.5) is 0 Å². The van der Waals surface area contributed by atoms with Gasteiger partial charge in [-0.05, 0) is 12.5 Å². The van der Waals surface area contributed by atoms with Gasteiger partial charge in [0.25, 0.3) is 0 Å². The smallest absolute Gasteiger partial charge is 0.226 e. The van der Waals surface area contributed by atoms with Gasteiger partial charge in [-0.1, -0.05) is 72.4 Å². The lowest BCUT2D eigenvalue weighted by molar-refractivity contribution is -0.121. The van der Waals surface area contributed by atoms with E-state index < -0.39 is 0 Å². The molecule has 0 aliphatic rings. The van der Waals surface area contributed by atoms with Crippen LogP contribution in [0.15, 0.2) is 70.4 Å². The third kappa shape index (κ3) is 5.77. The Morgan fingerprint density at radius 2 is 1.74 bits per heavy atom. The average molecular weight is 397 g/mol. The maximum absolute atomic E-state index is 12.2. The molecule has 0 bridgehead atoms. The number of carbonyl (C=O) groups excluding carboxylic acids is 2. The van der Waals surface area contributed by atoms with Gasteiger partial charge in [0.05, 0.1) is 23.9 Å². The summed E-state index contributed by atoms with van der Waals surface area (Å²) in [5.41, 5.74) is 2.50. The lowest BCUT2D eigenvalue weighted by Gasteiger charge is -2.13. The number of carbonyl (C=O) groups is 2. The van der Waals surface area contributed by atoms with Crippen LogP contribution < -0.4 is 5.32 Å². The molecule has 4 nitrogen and oxygen atoms in total. The molecule has 0 saturated heterocycles. The van der Waals surface area contributed by atoms with E-state index in [1.807, 2.05) is 73.0 Å². The maximum Gasteiger partial charge on any atom is 0.226 e. The Labute approximate surface area is 167 Å². The molecule has 138 valence electrons. The molecule has 1 amide bonds. The SMILES string of the molecule is CC(NC(=O)Cc1csc(SCC(=O)c2ccccc2)n1)c1ccccc1. The van der Waals surface area contributed by atoms with Gasteiger partial charge >= 0.3 is 0 Å². The number of nitrogens with zero attached hydrogens (tertiary/aromatic N) is 1. The summed E-state index contributed by atoms with van der Waals surface area (Å²) in [5, 5.41) is 4.87. The lowest BCUT2D eigenvalue weighted by atomic mass is 10.1. The molecule has 0 fully saturated rings. The van der Waals surface area contributed by atoms with E-state index in [4.69, 9.17) is 0 Å². The van der Waals surface area contributed by atoms with Gasteiger partial charge in [0, 0.05) is 10.9 Å². The second-order valence-corrected chi connectivity index (χ2v) is 8.14. The summed E-state index contributed by atoms with van der Waals surface area (Å²) in [6.07, 6.45) is 0.237. The molecule has 0 aliphatic heterocycles. The monoisotopic (exact) mass is 396 g/mol. The van der Waals surface area contributed by atoms with Crippen molar-refractivity contribution < 1.29 is 9.59 Å². The Balaban J connectivity index is 1.49. The minimum atomic E-state index is -0.0615. The number of nitrogens with one attached hydrogen (secondary N) is 1. The molecule has 0 saturated carbocycles. The average Bonchev–Trinajstić information content (AvgIpc) is 3.14. The van der Waals surface area contributed by atoms with Crippen molar-refractivity contribution >= 4 is 34.8 Å². The number of benzene rings is 2. The zero-order valence-corrected chi connectivity index (χ0v) is 16.6. The van der Waals surface area contributed by atoms with Crippen molar-refractivity contribution in [3.05, 3.63) is 82.9 Å². The highest BCUT2D eigenvalue weighted by atomic mass is 32.2. The van der Waals surface area contributed by atoms with Gasteiger partial charge < -0.3 is 5.32 Å². The molecule has 0 aliphatic carbocycles. The normalized spacial score (nSPS) is 11.7. The summed E-state index contributed by atoms with van der Waals surface area (Å²) in [5.74, 6) is 0.356. The number of rotatable bonds is 8. The van der Waals surface area contributed by atoms with Gasteiger partial charge in [-0.2, -0.15) is 0 Å². The Hall–Kier alpha value is -2.44. The van der Waals surface area contributed by atoms with E-state index in [1.54, 1.807) is 0 Å². The topological polar surface area (TPSA) is 59.1 Å². The van der Waals surface area contributed by atoms with E-state index in [-0.39, 0.29) is 24.2 Å². The fourth-order valence-electron chi connectivity index (χ4n) is 2.55. The quantitative estimate of drug-likeness (QED) is 0.449. The highest BCUT2D eigenvalue weighted by Crippen LogP contribution is 2.24. The van der Waals surface area contributed by atoms with Gasteiger partial charge in [0.15, 0.2) is 10.1 Å². The summed E-state index contributed by atoms with van der Waals surface area (Å²) >= 11 is 2.87. The second kappa shape index (κ2) is 9.48. The van der Waals surface area contributed by atoms with E-state index in [9.17, 15) is 9.59 Å². The van der Waals surface area contributed by atoms with Crippen LogP contribution >= 0.6 is 23.1 Å². The van der Waals surface area contributed by atoms with Gasteiger partial charge in [0.1, 0.15) is 0 Å². The van der Waals surface area contributed by atoms with Crippen LogP contribution in [0.2, 0.25) is 0 Å². The number of ketones is 1. The standard InChI is InChI=1S/C21H20N2O2S2/c1-15(16-8-4-2-5-9-16)22-20(25)12-18-13-26-21(23-18)27-14-19(24)17-10-6-3-7-11-17/h2-11,13,15H,12,14H2,1H3,(H,22,25). The van der Waals surface area contributed by atoms with Crippen LogP contribution in [-0.4, -0.2) is 22.4 Å². The fraction of sp³-hybridized carbons (Fsp3) is 0.190. The zero-order chi connectivity index (χ0) is 19.1. The van der Waals surface area contributed by atoms with Crippen molar-refractivity contribution in [2.45, 2.75) is 23.7 Å². The van der Waals surface area contributed by atoms with E-state index in [1.165, 1.54) is 23.1 Å². The second-order valence-electron chi connectivity index (χ2n) is 6.06. The number of Topliss-reactive ketones (excluding diaryl/α,β-unsaturated/α-hetero) is 1. The first-order chi connectivity index (χ1) is 13.1. The summed E-state index contributed by atoms with van der Waals surface area (Å²) < 4.78 is 0.804. The number of hydrogen-bond acceptors (Lipinski definition) is 5. The zero-order valence-electron chi connectivity index (χ0n) is 14.9. The Morgan fingerprint density at radius 3 is 2.44 bits per heavy atom. The lowest BCUT2D eigenvalue weighted by Crippen LogP contribution is -2.28. The third-order valence-corrected chi connectivity index (χ3v) is 6.04. The predicted molar refractivity (Wildman–Crippen MR) is 110 cm³/mol. The first-order valence-corrected chi connectivity index (χ1v) is 10.5. The van der Waals surface area contributed by atoms with Crippen LogP contribution in [0.5, 0.6) is 0 Å². The van der Waals surface area contributed by atoms with Crippen LogP contribution in [0.1, 0.15) is 34.6 Å². The molecule has 3 aromatic rings. The highest BCUT2D eigenvalue weighted by molar-refractivity contribution is 8.01. The van der Waals surface area contributed by atoms with E-state index in [0.29, 0.717) is 11.3 Å². The largest absolute Gasteiger partial charge is 0.349 e. The van der Waals surface area contributed by atoms with Crippen molar-refractivity contribution in [3.63, 3.8) is 0 Å². The molecule has 1 unspecified atom stereocenters. The van der Waals surface area contributed by atoms with E-state index in [0.717, 1.165) is 15.6 Å². The molecule has 27 heavy (non-hydrogen) atoms. The molecule has 1 atom stereocenters. The highest BCUT2D eigenvalue weighted by Gasteiger charge is 2.13. The number of aromatic nitrogens is 1. The summed E-state index contributed by atoms with van der Waals surface area (Å²) in [6, 6.07) is 19.0. The molecule has 2 aromatic carbocycles. The maximum atomic E-state index is 12.2. The van der Waals surface area contributed by atoms with Crippen LogP contribution in [0.25, 0.3) is 0 Å². The number of thiazole rings is 1. The molecular weight excluding hydrogens is 376 g/mol. The van der Waals surface area contributed by atoms with Crippen LogP contribution in [0, 0.1) is 0 Å². The molecule has 0 radical (unpaired) electrons. The molecule has 6 heteroatoms. The Morgan fingerprint density at radius 1 is 1.07 bits per heavy atom. The molecule has 1 heterocycles. The molecule has 0 spiro atoms. The third-order valence-electron chi connectivity index (χ3n) is 3.97. The molecule has 1 N–H and O–H groups in total. The molecule has 1 aromatic heterocycles. The fourth-order valence-corrected chi connectivity index (χ4v) is 4.29. The van der Waals surface area contributed by atoms with Crippen LogP contribution in [0.3, 0.4) is 0 Å². The predicted octanol–water partition coefficient (Wildman–Crippen LogP) is 4.54. The van der Waals surface area contributed by atoms with Gasteiger partial charge in [-0.15, -0.1) is 11.3 Å². The number of thioether (sulfide) groups is 1. The first-order valence-electron chi connectivity index (χ1n) is 8.61. The van der Waals surface area contributed by atoms with Crippen molar-refractivity contribution in [2.75, 3.05) is 5.75 Å². The minimum absolute atomic E-state index is 0.0466. The Kier molecular flexibility index (Phi) is 6.79. The van der Waals surface area contributed by atoms with Crippen LogP contribution in [-0.2, 0) is 11.2 Å². The van der Waals surface area contributed by atoms with Gasteiger partial charge in [0.2, 0.25) is 5.91 Å². The van der Waals surface area contributed by atoms with Crippen molar-refractivity contribution in [1.29, 1.82) is 0 Å². The van der Waals surface area contributed by atoms with E-state index in [2.05, 4.69) is 10.3 Å². The first kappa shape index (κ1) is 19.3. The summed E-state index contributed by atoms with van der Waals surface area (Å²) in [7, 11) is 0. The van der Waals surface area contributed by atoms with Crippen molar-refractivity contribution in [3.8, 4) is 0 Å².